The molecule has 0 aliphatic rings. The Morgan fingerprint density at radius 3 is 2.71 bits per heavy atom. The molecule has 0 amide bonds. The van der Waals surface area contributed by atoms with E-state index in [1.165, 1.54) is 15.7 Å². The van der Waals surface area contributed by atoms with E-state index in [0.717, 1.165) is 17.5 Å². The molecular weight excluding hydrogens is 308 g/mol. The molecule has 1 nitrogen and oxygen atoms in total. The number of rotatable bonds is 4. The Kier molecular flexibility index (Phi) is 5.02. The lowest BCUT2D eigenvalue weighted by Gasteiger charge is -2.10. The van der Waals surface area contributed by atoms with E-state index in [-0.39, 0.29) is 0 Å². The summed E-state index contributed by atoms with van der Waals surface area (Å²) in [4.78, 5) is 0. The van der Waals surface area contributed by atoms with Gasteiger partial charge in [-0.15, -0.1) is 0 Å². The van der Waals surface area contributed by atoms with Gasteiger partial charge in [-0.1, -0.05) is 25.4 Å². The van der Waals surface area contributed by atoms with Crippen molar-refractivity contribution in [2.45, 2.75) is 20.3 Å². The molecule has 0 fully saturated rings. The second-order valence-corrected chi connectivity index (χ2v) is 5.33. The van der Waals surface area contributed by atoms with Crippen molar-refractivity contribution in [1.29, 1.82) is 0 Å². The van der Waals surface area contributed by atoms with Crippen molar-refractivity contribution < 1.29 is 0 Å². The molecule has 0 bridgehead atoms. The Hall–Kier alpha value is 0.0400. The first kappa shape index (κ1) is 12.1. The molecule has 78 valence electrons. The number of hydrogen-bond donors (Lipinski definition) is 1. The van der Waals surface area contributed by atoms with Crippen molar-refractivity contribution in [3.05, 3.63) is 26.8 Å². The van der Waals surface area contributed by atoms with Crippen LogP contribution in [0.1, 0.15) is 20.3 Å². The molecule has 0 unspecified atom stereocenters. The Morgan fingerprint density at radius 1 is 1.43 bits per heavy atom. The van der Waals surface area contributed by atoms with Gasteiger partial charge in [0, 0.05) is 20.8 Å². The summed E-state index contributed by atoms with van der Waals surface area (Å²) >= 11 is 8.16. The number of nitrogens with one attached hydrogen (secondary N) is 1. The molecule has 1 N–H and O–H groups in total. The second-order valence-electron chi connectivity index (χ2n) is 3.73. The van der Waals surface area contributed by atoms with Crippen molar-refractivity contribution in [3.63, 3.8) is 0 Å². The summed E-state index contributed by atoms with van der Waals surface area (Å²) < 4.78 is 1.18. The second kappa shape index (κ2) is 5.81. The summed E-state index contributed by atoms with van der Waals surface area (Å²) in [5.41, 5.74) is 1.18. The lowest BCUT2D eigenvalue weighted by Crippen LogP contribution is -2.05. The van der Waals surface area contributed by atoms with Crippen LogP contribution in [0.2, 0.25) is 5.02 Å². The lowest BCUT2D eigenvalue weighted by molar-refractivity contribution is 0.607. The minimum absolute atomic E-state index is 0.743. The zero-order valence-electron chi connectivity index (χ0n) is 8.48. The first-order chi connectivity index (χ1) is 6.59. The quantitative estimate of drug-likeness (QED) is 0.810. The minimum Gasteiger partial charge on any atom is -0.384 e. The molecule has 0 heterocycles. The maximum Gasteiger partial charge on any atom is 0.0476 e. The maximum absolute atomic E-state index is 5.87. The van der Waals surface area contributed by atoms with Crippen LogP contribution in [-0.4, -0.2) is 6.54 Å². The Morgan fingerprint density at radius 2 is 2.14 bits per heavy atom. The van der Waals surface area contributed by atoms with Crippen molar-refractivity contribution in [2.24, 2.45) is 5.92 Å². The van der Waals surface area contributed by atoms with Crippen LogP contribution >= 0.6 is 34.2 Å². The molecular formula is C11H15ClIN. The van der Waals surface area contributed by atoms with Gasteiger partial charge in [-0.05, 0) is 53.1 Å². The summed E-state index contributed by atoms with van der Waals surface area (Å²) in [6.45, 7) is 5.48. The average molecular weight is 324 g/mol. The number of hydrogen-bond acceptors (Lipinski definition) is 1. The highest BCUT2D eigenvalue weighted by Gasteiger charge is 2.00. The van der Waals surface area contributed by atoms with Crippen molar-refractivity contribution in [2.75, 3.05) is 11.9 Å². The zero-order valence-corrected chi connectivity index (χ0v) is 11.4. The molecule has 1 rings (SSSR count). The third kappa shape index (κ3) is 4.05. The Balaban J connectivity index is 2.51. The molecule has 0 aliphatic heterocycles. The first-order valence-electron chi connectivity index (χ1n) is 4.78. The van der Waals surface area contributed by atoms with Gasteiger partial charge in [0.05, 0.1) is 0 Å². The topological polar surface area (TPSA) is 12.0 Å². The SMILES string of the molecule is CC(C)CCNc1ccc(Cl)cc1I. The van der Waals surface area contributed by atoms with Crippen molar-refractivity contribution >= 4 is 39.9 Å². The van der Waals surface area contributed by atoms with E-state index >= 15 is 0 Å². The maximum atomic E-state index is 5.87. The van der Waals surface area contributed by atoms with E-state index in [4.69, 9.17) is 11.6 Å². The van der Waals surface area contributed by atoms with Crippen LogP contribution in [0.25, 0.3) is 0 Å². The number of halogens is 2. The summed E-state index contributed by atoms with van der Waals surface area (Å²) in [7, 11) is 0. The van der Waals surface area contributed by atoms with Gasteiger partial charge >= 0.3 is 0 Å². The van der Waals surface area contributed by atoms with Crippen molar-refractivity contribution in [1.82, 2.24) is 0 Å². The van der Waals surface area contributed by atoms with Crippen LogP contribution in [0.15, 0.2) is 18.2 Å². The summed E-state index contributed by atoms with van der Waals surface area (Å²) in [6, 6.07) is 5.92. The van der Waals surface area contributed by atoms with Gasteiger partial charge in [-0.25, -0.2) is 0 Å². The van der Waals surface area contributed by atoms with E-state index in [9.17, 15) is 0 Å². The highest BCUT2D eigenvalue weighted by atomic mass is 127. The fourth-order valence-electron chi connectivity index (χ4n) is 1.13. The molecule has 0 atom stereocenters. The monoisotopic (exact) mass is 323 g/mol. The van der Waals surface area contributed by atoms with Gasteiger partial charge < -0.3 is 5.32 Å². The normalized spacial score (nSPS) is 10.6. The minimum atomic E-state index is 0.743. The average Bonchev–Trinajstić information content (AvgIpc) is 2.08. The molecule has 0 radical (unpaired) electrons. The first-order valence-corrected chi connectivity index (χ1v) is 6.24. The smallest absolute Gasteiger partial charge is 0.0476 e. The van der Waals surface area contributed by atoms with Crippen LogP contribution in [0.3, 0.4) is 0 Å². The Labute approximate surface area is 104 Å². The molecule has 3 heteroatoms. The van der Waals surface area contributed by atoms with Gasteiger partial charge in [0.1, 0.15) is 0 Å². The number of anilines is 1. The molecule has 1 aromatic rings. The third-order valence-corrected chi connectivity index (χ3v) is 3.10. The largest absolute Gasteiger partial charge is 0.384 e. The van der Waals surface area contributed by atoms with E-state index < -0.39 is 0 Å². The highest BCUT2D eigenvalue weighted by molar-refractivity contribution is 14.1. The predicted molar refractivity (Wildman–Crippen MR) is 72.1 cm³/mol. The zero-order chi connectivity index (χ0) is 10.6. The van der Waals surface area contributed by atoms with Crippen LogP contribution in [0.4, 0.5) is 5.69 Å². The van der Waals surface area contributed by atoms with Gasteiger partial charge in [0.25, 0.3) is 0 Å². The molecule has 0 aliphatic carbocycles. The molecule has 0 aromatic heterocycles. The van der Waals surface area contributed by atoms with Gasteiger partial charge in [-0.2, -0.15) is 0 Å². The molecule has 0 saturated heterocycles. The summed E-state index contributed by atoms with van der Waals surface area (Å²) in [6.07, 6.45) is 1.19. The Bertz CT molecular complexity index is 299. The summed E-state index contributed by atoms with van der Waals surface area (Å²) in [5, 5.41) is 4.20. The fraction of sp³-hybridized carbons (Fsp3) is 0.455. The van der Waals surface area contributed by atoms with Crippen molar-refractivity contribution in [3.8, 4) is 0 Å². The van der Waals surface area contributed by atoms with Gasteiger partial charge in [-0.3, -0.25) is 0 Å². The molecule has 1 aromatic carbocycles. The third-order valence-electron chi connectivity index (χ3n) is 1.97. The van der Waals surface area contributed by atoms with E-state index in [1.807, 2.05) is 18.2 Å². The highest BCUT2D eigenvalue weighted by Crippen LogP contribution is 2.22. The predicted octanol–water partition coefficient (Wildman–Crippen LogP) is 4.40. The van der Waals surface area contributed by atoms with Gasteiger partial charge in [0.15, 0.2) is 0 Å². The van der Waals surface area contributed by atoms with Crippen LogP contribution < -0.4 is 5.32 Å². The van der Waals surface area contributed by atoms with Crippen LogP contribution in [-0.2, 0) is 0 Å². The molecule has 0 saturated carbocycles. The van der Waals surface area contributed by atoms with E-state index in [1.54, 1.807) is 0 Å². The van der Waals surface area contributed by atoms with E-state index in [2.05, 4.69) is 41.8 Å². The van der Waals surface area contributed by atoms with Gasteiger partial charge in [0.2, 0.25) is 0 Å². The molecule has 14 heavy (non-hydrogen) atoms. The summed E-state index contributed by atoms with van der Waals surface area (Å²) in [5.74, 6) is 0.743. The standard InChI is InChI=1S/C11H15ClIN/c1-8(2)5-6-14-11-4-3-9(12)7-10(11)13/h3-4,7-8,14H,5-6H2,1-2H3. The molecule has 0 spiro atoms. The van der Waals surface area contributed by atoms with Crippen LogP contribution in [0.5, 0.6) is 0 Å². The van der Waals surface area contributed by atoms with E-state index in [0.29, 0.717) is 0 Å². The fourth-order valence-corrected chi connectivity index (χ4v) is 2.19. The van der Waals surface area contributed by atoms with Crippen LogP contribution in [0, 0.1) is 9.49 Å². The lowest BCUT2D eigenvalue weighted by atomic mass is 10.1. The number of benzene rings is 1.